The molecule has 33 nitrogen and oxygen atoms in total. The molecule has 3 atom stereocenters. The van der Waals surface area contributed by atoms with Crippen LogP contribution in [0.25, 0.3) is 10.9 Å². The van der Waals surface area contributed by atoms with Crippen molar-refractivity contribution in [1.29, 1.82) is 0 Å². The number of pyridine rings is 1. The number of ether oxygens (including phenoxy) is 4. The second-order valence-corrected chi connectivity index (χ2v) is 21.4. The van der Waals surface area contributed by atoms with Crippen LogP contribution in [0, 0.1) is 0 Å². The summed E-state index contributed by atoms with van der Waals surface area (Å²) in [7, 11) is -1.67. The Hall–Kier alpha value is -7.70. The topological polar surface area (TPSA) is 447 Å². The van der Waals surface area contributed by atoms with Crippen molar-refractivity contribution in [2.24, 2.45) is 0 Å². The van der Waals surface area contributed by atoms with E-state index >= 15 is 0 Å². The zero-order valence-corrected chi connectivity index (χ0v) is 50.6. The third-order valence-corrected chi connectivity index (χ3v) is 14.5. The highest BCUT2D eigenvalue weighted by atomic mass is 16.5. The predicted octanol–water partition coefficient (Wildman–Crippen LogP) is -4.37. The van der Waals surface area contributed by atoms with Gasteiger partial charge in [0, 0.05) is 103 Å². The summed E-state index contributed by atoms with van der Waals surface area (Å²) >= 11 is 0. The Bertz CT molecular complexity index is 2610. The third-order valence-electron chi connectivity index (χ3n) is 14.5. The fourth-order valence-corrected chi connectivity index (χ4v) is 9.79. The van der Waals surface area contributed by atoms with E-state index in [9.17, 15) is 83.2 Å². The second-order valence-electron chi connectivity index (χ2n) is 21.4. The Balaban J connectivity index is 1.14. The number of hydrogen-bond donors (Lipinski definition) is 12. The molecule has 1 aromatic heterocycles. The SMILES string of the molecule is O=CNCCCCC(NC(=O)C(CCCCNC(=O)CN1CCN(CC(=O)O)CCN(CC(=O)O)CCN(CC(=O)O)CC1)NC(=O)CCOCCOCCOCCNC(=O)COc1ccc2c(C(=O)NCC(=O)N3CCCC3B(O)O)ccnc2c1)C(=O)O. The summed E-state index contributed by atoms with van der Waals surface area (Å²) in [4.78, 5) is 148. The molecule has 0 bridgehead atoms. The first kappa shape index (κ1) is 74.8. The smallest absolute Gasteiger partial charge is 0.475 e. The maximum Gasteiger partial charge on any atom is 0.475 e. The first-order chi connectivity index (χ1) is 43.2. The van der Waals surface area contributed by atoms with Crippen molar-refractivity contribution in [2.75, 3.05) is 158 Å². The fourth-order valence-electron chi connectivity index (χ4n) is 9.79. The van der Waals surface area contributed by atoms with Gasteiger partial charge in [-0.3, -0.25) is 72.5 Å². The summed E-state index contributed by atoms with van der Waals surface area (Å²) in [5, 5.41) is 73.7. The summed E-state index contributed by atoms with van der Waals surface area (Å²) in [5.41, 5.74) is 0.668. The minimum Gasteiger partial charge on any atom is -0.484 e. The Morgan fingerprint density at radius 3 is 1.74 bits per heavy atom. The Kier molecular flexibility index (Phi) is 35.2. The van der Waals surface area contributed by atoms with Gasteiger partial charge in [-0.15, -0.1) is 0 Å². The van der Waals surface area contributed by atoms with Crippen LogP contribution >= 0.6 is 0 Å². The van der Waals surface area contributed by atoms with Crippen molar-refractivity contribution in [3.63, 3.8) is 0 Å². The number of amides is 7. The molecule has 500 valence electrons. The summed E-state index contributed by atoms with van der Waals surface area (Å²) in [6, 6.07) is 3.82. The first-order valence-electron chi connectivity index (χ1n) is 30.0. The van der Waals surface area contributed by atoms with E-state index in [1.54, 1.807) is 37.8 Å². The quantitative estimate of drug-likeness (QED) is 0.0170. The molecule has 12 N–H and O–H groups in total. The summed E-state index contributed by atoms with van der Waals surface area (Å²) in [6.45, 7) is 1.92. The molecule has 0 aliphatic carbocycles. The molecular formula is C56H87BN12O21. The minimum absolute atomic E-state index is 0.0394. The molecule has 2 aromatic rings. The summed E-state index contributed by atoms with van der Waals surface area (Å²) in [5.74, 6) is -7.96. The molecule has 4 rings (SSSR count). The Morgan fingerprint density at radius 1 is 0.611 bits per heavy atom. The molecule has 0 radical (unpaired) electrons. The van der Waals surface area contributed by atoms with Crippen LogP contribution in [0.1, 0.15) is 68.1 Å². The number of aliphatic carboxylic acids is 4. The van der Waals surface area contributed by atoms with Crippen LogP contribution in [0.2, 0.25) is 0 Å². The summed E-state index contributed by atoms with van der Waals surface area (Å²) < 4.78 is 22.2. The number of carbonyl (C=O) groups is 11. The van der Waals surface area contributed by atoms with Crippen molar-refractivity contribution >= 4 is 83.8 Å². The molecule has 34 heteroatoms. The number of rotatable bonds is 42. The molecule has 3 unspecified atom stereocenters. The lowest BCUT2D eigenvalue weighted by molar-refractivity contribution is -0.142. The fraction of sp³-hybridized carbons (Fsp3) is 0.643. The highest BCUT2D eigenvalue weighted by Gasteiger charge is 2.37. The number of nitrogens with one attached hydrogen (secondary N) is 6. The molecule has 2 aliphatic rings. The van der Waals surface area contributed by atoms with Gasteiger partial charge in [-0.05, 0) is 69.6 Å². The monoisotopic (exact) mass is 1270 g/mol. The zero-order chi connectivity index (χ0) is 65.6. The zero-order valence-electron chi connectivity index (χ0n) is 50.6. The number of benzene rings is 1. The average Bonchev–Trinajstić information content (AvgIpc) is 0.979. The van der Waals surface area contributed by atoms with Gasteiger partial charge >= 0.3 is 31.0 Å². The first-order valence-corrected chi connectivity index (χ1v) is 30.0. The van der Waals surface area contributed by atoms with Gasteiger partial charge in [0.1, 0.15) is 17.8 Å². The van der Waals surface area contributed by atoms with Gasteiger partial charge in [0.05, 0.1) is 89.4 Å². The third kappa shape index (κ3) is 30.2. The second kappa shape index (κ2) is 42.3. The van der Waals surface area contributed by atoms with Crippen molar-refractivity contribution in [1.82, 2.24) is 61.4 Å². The number of carbonyl (C=O) groups excluding carboxylic acids is 7. The van der Waals surface area contributed by atoms with E-state index in [0.29, 0.717) is 74.7 Å². The van der Waals surface area contributed by atoms with E-state index in [4.69, 9.17) is 18.9 Å². The Labute approximate surface area is 520 Å². The lowest BCUT2D eigenvalue weighted by Crippen LogP contribution is -2.51. The van der Waals surface area contributed by atoms with Crippen LogP contribution in [0.15, 0.2) is 30.5 Å². The standard InChI is InChI=1S/C56H87BN12O21/c70-39-58-13-3-1-7-44(56(83)84)64-55(82)43(6-2-4-14-60-48(72)34-65-18-20-66(35-51(75)76)22-24-68(37-53(79)80)25-23-67(21-19-65)36-52(77)78)63-47(71)12-26-87-28-30-89-31-29-88-27-16-61-49(73)38-90-40-9-10-41-42(11-15-59-45(41)32-40)54(81)62-33-50(74)69-17-5-8-46(69)57(85)86/h9-11,15,32,39,43-44,46,85-86H,1-8,12-14,16-31,33-38H2,(H,58,70)(H,60,72)(H,61,73)(H,62,81)(H,63,71)(H,64,82)(H,75,76)(H,77,78)(H,79,80)(H,83,84). The largest absolute Gasteiger partial charge is 0.484 e. The van der Waals surface area contributed by atoms with Crippen molar-refractivity contribution in [2.45, 2.75) is 75.8 Å². The van der Waals surface area contributed by atoms with E-state index in [2.05, 4.69) is 36.9 Å². The molecule has 3 heterocycles. The van der Waals surface area contributed by atoms with Gasteiger partial charge in [0.2, 0.25) is 30.0 Å². The molecule has 2 saturated heterocycles. The Morgan fingerprint density at radius 2 is 1.17 bits per heavy atom. The number of carboxylic acids is 4. The number of carboxylic acid groups (broad SMARTS) is 4. The van der Waals surface area contributed by atoms with Gasteiger partial charge in [-0.2, -0.15) is 0 Å². The average molecular weight is 1280 g/mol. The molecule has 0 saturated carbocycles. The molecule has 2 fully saturated rings. The highest BCUT2D eigenvalue weighted by Crippen LogP contribution is 2.23. The maximum atomic E-state index is 13.5. The lowest BCUT2D eigenvalue weighted by atomic mass is 9.78. The minimum atomic E-state index is -1.67. The number of nitrogens with zero attached hydrogens (tertiary/aromatic N) is 6. The summed E-state index contributed by atoms with van der Waals surface area (Å²) in [6.07, 6.45) is 4.48. The van der Waals surface area contributed by atoms with Crippen molar-refractivity contribution in [3.05, 3.63) is 36.0 Å². The van der Waals surface area contributed by atoms with Gasteiger partial charge in [0.25, 0.3) is 11.8 Å². The highest BCUT2D eigenvalue weighted by molar-refractivity contribution is 6.43. The van der Waals surface area contributed by atoms with Crippen molar-refractivity contribution in [3.8, 4) is 5.75 Å². The van der Waals surface area contributed by atoms with Crippen LogP contribution in [-0.2, 0) is 62.2 Å². The molecule has 0 spiro atoms. The van der Waals surface area contributed by atoms with E-state index < -0.39 is 78.6 Å². The van der Waals surface area contributed by atoms with Gasteiger partial charge in [0.15, 0.2) is 6.61 Å². The molecule has 1 aromatic carbocycles. The van der Waals surface area contributed by atoms with E-state index in [-0.39, 0.29) is 175 Å². The van der Waals surface area contributed by atoms with Crippen LogP contribution in [0.4, 0.5) is 0 Å². The normalized spacial score (nSPS) is 16.1. The number of likely N-dealkylation sites (tertiary alicyclic amines) is 1. The van der Waals surface area contributed by atoms with Crippen LogP contribution in [0.3, 0.4) is 0 Å². The predicted molar refractivity (Wildman–Crippen MR) is 320 cm³/mol. The number of fused-ring (bicyclic) bond motifs is 1. The van der Waals surface area contributed by atoms with Gasteiger partial charge < -0.3 is 86.2 Å². The van der Waals surface area contributed by atoms with E-state index in [1.807, 2.05) is 0 Å². The molecule has 2 aliphatic heterocycles. The maximum absolute atomic E-state index is 13.5. The van der Waals surface area contributed by atoms with E-state index in [1.165, 1.54) is 17.2 Å². The van der Waals surface area contributed by atoms with Crippen molar-refractivity contribution < 1.29 is 102 Å². The molecular weight excluding hydrogens is 1190 g/mol. The molecule has 90 heavy (non-hydrogen) atoms. The molecule has 7 amide bonds. The number of aromatic nitrogens is 1. The van der Waals surface area contributed by atoms with Crippen LogP contribution in [0.5, 0.6) is 5.75 Å². The van der Waals surface area contributed by atoms with Crippen LogP contribution < -0.4 is 36.6 Å². The number of unbranched alkanes of at least 4 members (excludes halogenated alkanes) is 2. The number of hydrogen-bond acceptors (Lipinski definition) is 22. The van der Waals surface area contributed by atoms with Gasteiger partial charge in [-0.1, -0.05) is 0 Å². The van der Waals surface area contributed by atoms with Gasteiger partial charge in [-0.25, -0.2) is 4.79 Å². The lowest BCUT2D eigenvalue weighted by Gasteiger charge is -2.32. The van der Waals surface area contributed by atoms with E-state index in [0.717, 1.165) is 0 Å². The van der Waals surface area contributed by atoms with Crippen LogP contribution in [-0.4, -0.2) is 308 Å².